The Morgan fingerprint density at radius 1 is 0.976 bits per heavy atom. The van der Waals surface area contributed by atoms with Crippen molar-refractivity contribution in [1.82, 2.24) is 15.5 Å². The second kappa shape index (κ2) is 11.7. The van der Waals surface area contributed by atoms with Crippen molar-refractivity contribution in [3.8, 4) is 11.1 Å². The van der Waals surface area contributed by atoms with Crippen LogP contribution in [0.4, 0.5) is 4.79 Å². The average Bonchev–Trinajstić information content (AvgIpc) is 3.50. The third-order valence-corrected chi connectivity index (χ3v) is 7.88. The number of carbonyl (C=O) groups excluding carboxylic acids is 2. The predicted octanol–water partition coefficient (Wildman–Crippen LogP) is 3.51. The number of benzene rings is 3. The summed E-state index contributed by atoms with van der Waals surface area (Å²) in [6, 6.07) is 26.0. The zero-order valence-corrected chi connectivity index (χ0v) is 23.0. The van der Waals surface area contributed by atoms with Gasteiger partial charge in [-0.15, -0.1) is 0 Å². The maximum Gasteiger partial charge on any atom is 0.408 e. The fourth-order valence-electron chi connectivity index (χ4n) is 5.87. The van der Waals surface area contributed by atoms with Gasteiger partial charge in [-0.3, -0.25) is 14.5 Å². The monoisotopic (exact) mass is 557 g/mol. The van der Waals surface area contributed by atoms with Crippen LogP contribution >= 0.6 is 0 Å². The molecule has 0 radical (unpaired) electrons. The summed E-state index contributed by atoms with van der Waals surface area (Å²) in [5.41, 5.74) is 2.54. The van der Waals surface area contributed by atoms with E-state index in [9.17, 15) is 19.5 Å². The fourth-order valence-corrected chi connectivity index (χ4v) is 5.87. The van der Waals surface area contributed by atoms with Crippen LogP contribution in [0.5, 0.6) is 0 Å². The van der Waals surface area contributed by atoms with Crippen molar-refractivity contribution in [3.63, 3.8) is 0 Å². The van der Waals surface area contributed by atoms with Crippen LogP contribution in [0.2, 0.25) is 0 Å². The Labute approximate surface area is 239 Å². The number of carboxylic acid groups (broad SMARTS) is 1. The number of likely N-dealkylation sites (tertiary alicyclic amines) is 1. The van der Waals surface area contributed by atoms with Crippen molar-refractivity contribution in [2.75, 3.05) is 26.2 Å². The van der Waals surface area contributed by atoms with Gasteiger partial charge in [0.25, 0.3) is 0 Å². The molecule has 2 unspecified atom stereocenters. The molecular formula is C32H35N3O6. The number of aliphatic carboxylic acids is 1. The van der Waals surface area contributed by atoms with E-state index >= 15 is 0 Å². The van der Waals surface area contributed by atoms with E-state index in [0.717, 1.165) is 27.8 Å². The number of alkyl carbamates (subject to hydrolysis) is 1. The van der Waals surface area contributed by atoms with Crippen LogP contribution < -0.4 is 10.6 Å². The van der Waals surface area contributed by atoms with Gasteiger partial charge in [0.1, 0.15) is 12.1 Å². The summed E-state index contributed by atoms with van der Waals surface area (Å²) in [5, 5.41) is 25.0. The van der Waals surface area contributed by atoms with E-state index in [1.807, 2.05) is 66.7 Å². The van der Waals surface area contributed by atoms with Crippen molar-refractivity contribution in [3.05, 3.63) is 95.6 Å². The molecular weight excluding hydrogens is 522 g/mol. The SMILES string of the molecule is CC(O)(CNC(=O)C1(NC(=O)OCC2c3ccccc3-c3ccccc32)CCN(Cc2ccccc2)C1)CC(=O)O. The van der Waals surface area contributed by atoms with Crippen LogP contribution in [0.15, 0.2) is 78.9 Å². The minimum absolute atomic E-state index is 0.110. The normalized spacial score (nSPS) is 19.6. The summed E-state index contributed by atoms with van der Waals surface area (Å²) in [7, 11) is 0. The lowest BCUT2D eigenvalue weighted by Crippen LogP contribution is -2.61. The lowest BCUT2D eigenvalue weighted by molar-refractivity contribution is -0.142. The highest BCUT2D eigenvalue weighted by Crippen LogP contribution is 2.44. The summed E-state index contributed by atoms with van der Waals surface area (Å²) in [4.78, 5) is 40.0. The Morgan fingerprint density at radius 2 is 1.59 bits per heavy atom. The maximum atomic E-state index is 13.6. The second-order valence-corrected chi connectivity index (χ2v) is 11.2. The summed E-state index contributed by atoms with van der Waals surface area (Å²) in [6.45, 7) is 2.57. The molecule has 0 aromatic heterocycles. The standard InChI is InChI=1S/C32H35N3O6/c1-31(40,17-28(36)37)20-33-29(38)32(15-16-35(21-32)18-22-9-3-2-4-10-22)34-30(39)41-19-27-25-13-7-5-11-23(25)24-12-6-8-14-26(24)27/h2-14,27,40H,15-21H2,1H3,(H,33,38)(H,34,39)(H,36,37). The van der Waals surface area contributed by atoms with Crippen molar-refractivity contribution in [2.45, 2.75) is 43.4 Å². The van der Waals surface area contributed by atoms with Crippen LogP contribution in [0.3, 0.4) is 0 Å². The highest BCUT2D eigenvalue weighted by Gasteiger charge is 2.47. The van der Waals surface area contributed by atoms with Crippen LogP contribution in [-0.2, 0) is 20.9 Å². The van der Waals surface area contributed by atoms with Crippen LogP contribution in [0, 0.1) is 0 Å². The van der Waals surface area contributed by atoms with Gasteiger partial charge in [-0.25, -0.2) is 4.79 Å². The summed E-state index contributed by atoms with van der Waals surface area (Å²) in [6.07, 6.45) is -0.905. The molecule has 0 bridgehead atoms. The largest absolute Gasteiger partial charge is 0.481 e. The fraction of sp³-hybridized carbons (Fsp3) is 0.344. The third-order valence-electron chi connectivity index (χ3n) is 7.88. The minimum Gasteiger partial charge on any atom is -0.481 e. The molecule has 0 spiro atoms. The summed E-state index contributed by atoms with van der Waals surface area (Å²) < 4.78 is 5.75. The zero-order chi connectivity index (χ0) is 29.0. The average molecular weight is 558 g/mol. The number of hydrogen-bond donors (Lipinski definition) is 4. The van der Waals surface area contributed by atoms with Gasteiger partial charge in [0, 0.05) is 32.1 Å². The number of nitrogens with one attached hydrogen (secondary N) is 2. The molecule has 1 aliphatic heterocycles. The zero-order valence-electron chi connectivity index (χ0n) is 23.0. The molecule has 1 heterocycles. The van der Waals surface area contributed by atoms with E-state index < -0.39 is 35.5 Å². The number of hydrogen-bond acceptors (Lipinski definition) is 6. The minimum atomic E-state index is -1.64. The number of rotatable bonds is 10. The molecule has 5 rings (SSSR count). The Kier molecular flexibility index (Phi) is 8.10. The quantitative estimate of drug-likeness (QED) is 0.300. The number of carbonyl (C=O) groups is 3. The molecule has 9 nitrogen and oxygen atoms in total. The molecule has 1 aliphatic carbocycles. The van der Waals surface area contributed by atoms with E-state index in [2.05, 4.69) is 27.7 Å². The third kappa shape index (κ3) is 6.42. The molecule has 4 N–H and O–H groups in total. The molecule has 3 aromatic rings. The number of ether oxygens (including phenoxy) is 1. The number of fused-ring (bicyclic) bond motifs is 3. The van der Waals surface area contributed by atoms with Gasteiger partial charge in [0.05, 0.1) is 12.0 Å². The van der Waals surface area contributed by atoms with E-state index in [0.29, 0.717) is 19.5 Å². The lowest BCUT2D eigenvalue weighted by atomic mass is 9.96. The number of amides is 2. The number of aliphatic hydroxyl groups is 1. The Balaban J connectivity index is 1.29. The lowest BCUT2D eigenvalue weighted by Gasteiger charge is -2.31. The summed E-state index contributed by atoms with van der Waals surface area (Å²) in [5.74, 6) is -1.79. The molecule has 0 saturated carbocycles. The topological polar surface area (TPSA) is 128 Å². The van der Waals surface area contributed by atoms with E-state index in [1.54, 1.807) is 0 Å². The van der Waals surface area contributed by atoms with Crippen molar-refractivity contribution in [1.29, 1.82) is 0 Å². The molecule has 2 aliphatic rings. The van der Waals surface area contributed by atoms with E-state index in [1.165, 1.54) is 6.92 Å². The second-order valence-electron chi connectivity index (χ2n) is 11.2. The van der Waals surface area contributed by atoms with Crippen LogP contribution in [0.1, 0.15) is 42.4 Å². The first-order valence-electron chi connectivity index (χ1n) is 13.8. The summed E-state index contributed by atoms with van der Waals surface area (Å²) >= 11 is 0. The molecule has 3 aromatic carbocycles. The maximum absolute atomic E-state index is 13.6. The molecule has 1 saturated heterocycles. The van der Waals surface area contributed by atoms with E-state index in [-0.39, 0.29) is 25.6 Å². The highest BCUT2D eigenvalue weighted by molar-refractivity contribution is 5.91. The van der Waals surface area contributed by atoms with Gasteiger partial charge in [0.2, 0.25) is 5.91 Å². The Hall–Kier alpha value is -4.21. The first-order chi connectivity index (χ1) is 19.7. The molecule has 2 amide bonds. The smallest absolute Gasteiger partial charge is 0.408 e. The van der Waals surface area contributed by atoms with Crippen molar-refractivity contribution in [2.24, 2.45) is 0 Å². The van der Waals surface area contributed by atoms with Crippen molar-refractivity contribution >= 4 is 18.0 Å². The number of carboxylic acids is 1. The van der Waals surface area contributed by atoms with Crippen LogP contribution in [-0.4, -0.2) is 70.5 Å². The first-order valence-corrected chi connectivity index (χ1v) is 13.8. The van der Waals surface area contributed by atoms with Gasteiger partial charge in [-0.1, -0.05) is 78.9 Å². The van der Waals surface area contributed by atoms with Gasteiger partial charge < -0.3 is 25.6 Å². The Bertz CT molecular complexity index is 1380. The van der Waals surface area contributed by atoms with Crippen molar-refractivity contribution < 1.29 is 29.3 Å². The van der Waals surface area contributed by atoms with Gasteiger partial charge in [0.15, 0.2) is 0 Å². The van der Waals surface area contributed by atoms with Gasteiger partial charge in [-0.2, -0.15) is 0 Å². The van der Waals surface area contributed by atoms with Gasteiger partial charge >= 0.3 is 12.1 Å². The number of nitrogens with zero attached hydrogens (tertiary/aromatic N) is 1. The Morgan fingerprint density at radius 3 is 2.22 bits per heavy atom. The first kappa shape index (κ1) is 28.3. The molecule has 41 heavy (non-hydrogen) atoms. The van der Waals surface area contributed by atoms with Crippen LogP contribution in [0.25, 0.3) is 11.1 Å². The molecule has 214 valence electrons. The molecule has 1 fully saturated rings. The van der Waals surface area contributed by atoms with Gasteiger partial charge in [-0.05, 0) is 41.2 Å². The molecule has 2 atom stereocenters. The predicted molar refractivity (Wildman–Crippen MR) is 153 cm³/mol. The molecule has 9 heteroatoms. The van der Waals surface area contributed by atoms with E-state index in [4.69, 9.17) is 9.84 Å². The highest BCUT2D eigenvalue weighted by atomic mass is 16.5.